The number of hydrogen-bond donors (Lipinski definition) is 1. The second-order valence-electron chi connectivity index (χ2n) is 4.93. The summed E-state index contributed by atoms with van der Waals surface area (Å²) in [6.45, 7) is 3.54. The molecule has 2 rings (SSSR count). The number of rotatable bonds is 4. The first-order valence-corrected chi connectivity index (χ1v) is 7.13. The van der Waals surface area contributed by atoms with Crippen LogP contribution in [0.15, 0.2) is 42.5 Å². The standard InChI is InChI=1S/C17H16ClNO3/c1-11-3-4-13(9-12(11)2)17(21)22-10-16(20)19-15-7-5-14(18)6-8-15/h3-9H,10H2,1-2H3,(H,19,20). The zero-order chi connectivity index (χ0) is 16.1. The fourth-order valence-corrected chi connectivity index (χ4v) is 1.94. The number of anilines is 1. The number of halogens is 1. The summed E-state index contributed by atoms with van der Waals surface area (Å²) in [5.41, 5.74) is 3.12. The fraction of sp³-hybridized carbons (Fsp3) is 0.176. The Morgan fingerprint density at radius 3 is 2.36 bits per heavy atom. The molecule has 0 unspecified atom stereocenters. The van der Waals surface area contributed by atoms with Gasteiger partial charge in [0.2, 0.25) is 0 Å². The maximum Gasteiger partial charge on any atom is 0.338 e. The van der Waals surface area contributed by atoms with E-state index in [2.05, 4.69) is 5.32 Å². The molecule has 0 bridgehead atoms. The summed E-state index contributed by atoms with van der Waals surface area (Å²) in [4.78, 5) is 23.6. The van der Waals surface area contributed by atoms with Crippen molar-refractivity contribution in [3.63, 3.8) is 0 Å². The maximum atomic E-state index is 11.9. The summed E-state index contributed by atoms with van der Waals surface area (Å²) >= 11 is 5.76. The van der Waals surface area contributed by atoms with Crippen LogP contribution in [0.2, 0.25) is 5.02 Å². The van der Waals surface area contributed by atoms with Gasteiger partial charge in [-0.15, -0.1) is 0 Å². The first-order valence-electron chi connectivity index (χ1n) is 6.75. The molecule has 2 aromatic rings. The van der Waals surface area contributed by atoms with Crippen molar-refractivity contribution < 1.29 is 14.3 Å². The summed E-state index contributed by atoms with van der Waals surface area (Å²) in [7, 11) is 0. The molecule has 1 amide bonds. The number of aryl methyl sites for hydroxylation is 2. The third-order valence-electron chi connectivity index (χ3n) is 3.20. The van der Waals surface area contributed by atoms with Gasteiger partial charge in [0, 0.05) is 10.7 Å². The van der Waals surface area contributed by atoms with Crippen molar-refractivity contribution in [2.75, 3.05) is 11.9 Å². The summed E-state index contributed by atoms with van der Waals surface area (Å²) < 4.78 is 5.00. The summed E-state index contributed by atoms with van der Waals surface area (Å²) in [5.74, 6) is -0.922. The number of benzene rings is 2. The quantitative estimate of drug-likeness (QED) is 0.874. The van der Waals surface area contributed by atoms with E-state index in [-0.39, 0.29) is 6.61 Å². The van der Waals surface area contributed by atoms with Gasteiger partial charge in [-0.05, 0) is 61.4 Å². The number of amides is 1. The molecule has 2 aromatic carbocycles. The molecule has 0 aliphatic heterocycles. The molecular formula is C17H16ClNO3. The first-order chi connectivity index (χ1) is 10.5. The predicted octanol–water partition coefficient (Wildman–Crippen LogP) is 3.75. The van der Waals surface area contributed by atoms with Gasteiger partial charge in [-0.2, -0.15) is 0 Å². The molecule has 114 valence electrons. The highest BCUT2D eigenvalue weighted by molar-refractivity contribution is 6.30. The van der Waals surface area contributed by atoms with Gasteiger partial charge in [0.05, 0.1) is 5.56 Å². The SMILES string of the molecule is Cc1ccc(C(=O)OCC(=O)Nc2ccc(Cl)cc2)cc1C. The Morgan fingerprint density at radius 2 is 1.73 bits per heavy atom. The van der Waals surface area contributed by atoms with Gasteiger partial charge in [0.25, 0.3) is 5.91 Å². The van der Waals surface area contributed by atoms with Crippen molar-refractivity contribution in [1.29, 1.82) is 0 Å². The Kier molecular flexibility index (Phi) is 5.17. The van der Waals surface area contributed by atoms with Crippen molar-refractivity contribution in [2.24, 2.45) is 0 Å². The highest BCUT2D eigenvalue weighted by atomic mass is 35.5. The van der Waals surface area contributed by atoms with Gasteiger partial charge < -0.3 is 10.1 Å². The van der Waals surface area contributed by atoms with Crippen molar-refractivity contribution >= 4 is 29.2 Å². The molecule has 22 heavy (non-hydrogen) atoms. The second-order valence-corrected chi connectivity index (χ2v) is 5.37. The average Bonchev–Trinajstić information content (AvgIpc) is 2.50. The molecule has 5 heteroatoms. The Labute approximate surface area is 134 Å². The molecular weight excluding hydrogens is 302 g/mol. The molecule has 0 aliphatic carbocycles. The van der Waals surface area contributed by atoms with Crippen LogP contribution in [0.4, 0.5) is 5.69 Å². The Balaban J connectivity index is 1.88. The van der Waals surface area contributed by atoms with Crippen molar-refractivity contribution in [2.45, 2.75) is 13.8 Å². The zero-order valence-corrected chi connectivity index (χ0v) is 13.1. The molecule has 0 saturated carbocycles. The predicted molar refractivity (Wildman–Crippen MR) is 86.3 cm³/mol. The lowest BCUT2D eigenvalue weighted by molar-refractivity contribution is -0.119. The van der Waals surface area contributed by atoms with Crippen LogP contribution in [0.5, 0.6) is 0 Å². The minimum Gasteiger partial charge on any atom is -0.452 e. The highest BCUT2D eigenvalue weighted by Crippen LogP contribution is 2.13. The molecule has 1 N–H and O–H groups in total. The van der Waals surface area contributed by atoms with Crippen LogP contribution in [-0.2, 0) is 9.53 Å². The number of esters is 1. The first kappa shape index (κ1) is 16.0. The maximum absolute atomic E-state index is 11.9. The minimum absolute atomic E-state index is 0.339. The smallest absolute Gasteiger partial charge is 0.338 e. The van der Waals surface area contributed by atoms with E-state index in [1.165, 1.54) is 0 Å². The third-order valence-corrected chi connectivity index (χ3v) is 3.46. The minimum atomic E-state index is -0.519. The molecule has 0 atom stereocenters. The zero-order valence-electron chi connectivity index (χ0n) is 12.4. The number of ether oxygens (including phenoxy) is 1. The largest absolute Gasteiger partial charge is 0.452 e. The molecule has 0 heterocycles. The van der Waals surface area contributed by atoms with Crippen LogP contribution in [0.3, 0.4) is 0 Å². The number of hydrogen-bond acceptors (Lipinski definition) is 3. The monoisotopic (exact) mass is 317 g/mol. The Bertz CT molecular complexity index is 696. The Morgan fingerprint density at radius 1 is 1.05 bits per heavy atom. The lowest BCUT2D eigenvalue weighted by Crippen LogP contribution is -2.20. The van der Waals surface area contributed by atoms with E-state index in [0.717, 1.165) is 11.1 Å². The molecule has 0 aromatic heterocycles. The van der Waals surface area contributed by atoms with Gasteiger partial charge in [-0.25, -0.2) is 4.79 Å². The fourth-order valence-electron chi connectivity index (χ4n) is 1.81. The van der Waals surface area contributed by atoms with Gasteiger partial charge in [-0.1, -0.05) is 17.7 Å². The van der Waals surface area contributed by atoms with E-state index in [1.54, 1.807) is 36.4 Å². The van der Waals surface area contributed by atoms with Crippen LogP contribution >= 0.6 is 11.6 Å². The average molecular weight is 318 g/mol. The molecule has 4 nitrogen and oxygen atoms in total. The van der Waals surface area contributed by atoms with E-state index in [0.29, 0.717) is 16.3 Å². The lowest BCUT2D eigenvalue weighted by atomic mass is 10.1. The normalized spacial score (nSPS) is 10.1. The van der Waals surface area contributed by atoms with E-state index in [9.17, 15) is 9.59 Å². The molecule has 0 radical (unpaired) electrons. The van der Waals surface area contributed by atoms with E-state index in [1.807, 2.05) is 19.9 Å². The van der Waals surface area contributed by atoms with Crippen LogP contribution in [0, 0.1) is 13.8 Å². The number of nitrogens with one attached hydrogen (secondary N) is 1. The second kappa shape index (κ2) is 7.09. The molecule has 0 spiro atoms. The van der Waals surface area contributed by atoms with E-state index >= 15 is 0 Å². The van der Waals surface area contributed by atoms with Crippen molar-refractivity contribution in [3.8, 4) is 0 Å². The molecule has 0 aliphatic rings. The number of carbonyl (C=O) groups excluding carboxylic acids is 2. The topological polar surface area (TPSA) is 55.4 Å². The van der Waals surface area contributed by atoms with Crippen LogP contribution in [0.25, 0.3) is 0 Å². The van der Waals surface area contributed by atoms with Crippen LogP contribution < -0.4 is 5.32 Å². The van der Waals surface area contributed by atoms with Gasteiger partial charge >= 0.3 is 5.97 Å². The van der Waals surface area contributed by atoms with Crippen LogP contribution in [-0.4, -0.2) is 18.5 Å². The lowest BCUT2D eigenvalue weighted by Gasteiger charge is -2.08. The van der Waals surface area contributed by atoms with Gasteiger partial charge in [-0.3, -0.25) is 4.79 Å². The summed E-state index contributed by atoms with van der Waals surface area (Å²) in [6.07, 6.45) is 0. The highest BCUT2D eigenvalue weighted by Gasteiger charge is 2.11. The van der Waals surface area contributed by atoms with Gasteiger partial charge in [0.1, 0.15) is 0 Å². The molecule has 0 fully saturated rings. The number of carbonyl (C=O) groups is 2. The third kappa shape index (κ3) is 4.33. The van der Waals surface area contributed by atoms with Crippen molar-refractivity contribution in [3.05, 3.63) is 64.2 Å². The van der Waals surface area contributed by atoms with Crippen LogP contribution in [0.1, 0.15) is 21.5 Å². The summed E-state index contributed by atoms with van der Waals surface area (Å²) in [6, 6.07) is 11.9. The van der Waals surface area contributed by atoms with E-state index in [4.69, 9.17) is 16.3 Å². The van der Waals surface area contributed by atoms with E-state index < -0.39 is 11.9 Å². The van der Waals surface area contributed by atoms with Crippen molar-refractivity contribution in [1.82, 2.24) is 0 Å². The molecule has 0 saturated heterocycles. The van der Waals surface area contributed by atoms with Gasteiger partial charge in [0.15, 0.2) is 6.61 Å². The Hall–Kier alpha value is -2.33. The summed E-state index contributed by atoms with van der Waals surface area (Å²) in [5, 5.41) is 3.20.